The highest BCUT2D eigenvalue weighted by Gasteiger charge is 2.36. The van der Waals surface area contributed by atoms with E-state index in [0.29, 0.717) is 17.2 Å². The zero-order valence-corrected chi connectivity index (χ0v) is 19.6. The summed E-state index contributed by atoms with van der Waals surface area (Å²) in [7, 11) is 7.01. The summed E-state index contributed by atoms with van der Waals surface area (Å²) in [5.41, 5.74) is 1.59. The van der Waals surface area contributed by atoms with E-state index in [-0.39, 0.29) is 5.92 Å². The minimum atomic E-state index is -0.571. The molecule has 0 saturated carbocycles. The summed E-state index contributed by atoms with van der Waals surface area (Å²) in [4.78, 5) is 2.31. The van der Waals surface area contributed by atoms with Gasteiger partial charge in [-0.2, -0.15) is 5.26 Å². The molecular weight excluding hydrogens is 388 g/mol. The first-order valence-electron chi connectivity index (χ1n) is 10.7. The van der Waals surface area contributed by atoms with Crippen molar-refractivity contribution in [3.63, 3.8) is 0 Å². The normalized spacial score (nSPS) is 12.7. The standard InChI is InChI=1S/C26H34N2O3/c1-20(2)26(19-27,22-11-12-24(30-5)25(18-22)31-6)14-8-15-28(3)16-13-21-9-7-10-23(17-21)29-4/h9,11-12,17-18,20H,8,13-16H2,1-6H3. The van der Waals surface area contributed by atoms with E-state index in [1.807, 2.05) is 30.3 Å². The zero-order chi connectivity index (χ0) is 22.9. The SMILES string of the molecule is COc1c#ccc(CCN(C)CCCC(C#N)(c2ccc(OC)c(OC)c2)C(C)C)c1. The lowest BCUT2D eigenvalue weighted by Gasteiger charge is -2.32. The van der Waals surface area contributed by atoms with Gasteiger partial charge in [-0.25, -0.2) is 0 Å². The van der Waals surface area contributed by atoms with Crippen LogP contribution in [0, 0.1) is 29.4 Å². The molecule has 0 saturated heterocycles. The van der Waals surface area contributed by atoms with E-state index >= 15 is 0 Å². The highest BCUT2D eigenvalue weighted by molar-refractivity contribution is 5.47. The Bertz CT molecular complexity index is 875. The number of hydrogen-bond acceptors (Lipinski definition) is 5. The first-order chi connectivity index (χ1) is 14.9. The van der Waals surface area contributed by atoms with Crippen LogP contribution in [0.4, 0.5) is 0 Å². The van der Waals surface area contributed by atoms with Crippen LogP contribution in [-0.4, -0.2) is 46.4 Å². The average Bonchev–Trinajstić information content (AvgIpc) is 2.80. The number of rotatable bonds is 12. The van der Waals surface area contributed by atoms with Crippen LogP contribution in [0.5, 0.6) is 17.2 Å². The first kappa shape index (κ1) is 24.4. The molecule has 5 nitrogen and oxygen atoms in total. The number of benzene rings is 1. The average molecular weight is 423 g/mol. The third-order valence-corrected chi connectivity index (χ3v) is 5.97. The Labute approximate surface area is 187 Å². The van der Waals surface area contributed by atoms with Crippen molar-refractivity contribution >= 4 is 0 Å². The van der Waals surface area contributed by atoms with Crippen molar-refractivity contribution in [3.05, 3.63) is 53.6 Å². The van der Waals surface area contributed by atoms with Crippen LogP contribution in [0.2, 0.25) is 0 Å². The summed E-state index contributed by atoms with van der Waals surface area (Å²) >= 11 is 0. The number of likely N-dealkylation sites (N-methyl/N-ethyl adjacent to an activating group) is 1. The monoisotopic (exact) mass is 422 g/mol. The number of methoxy groups -OCH3 is 3. The van der Waals surface area contributed by atoms with E-state index in [9.17, 15) is 5.26 Å². The number of ether oxygens (including phenoxy) is 3. The number of hydrogen-bond donors (Lipinski definition) is 0. The Kier molecular flexibility index (Phi) is 9.03. The van der Waals surface area contributed by atoms with E-state index < -0.39 is 5.41 Å². The van der Waals surface area contributed by atoms with Crippen molar-refractivity contribution in [2.45, 2.75) is 38.5 Å². The highest BCUT2D eigenvalue weighted by Crippen LogP contribution is 2.40. The fourth-order valence-corrected chi connectivity index (χ4v) is 3.89. The molecular formula is C26H34N2O3. The van der Waals surface area contributed by atoms with Gasteiger partial charge in [-0.15, -0.1) is 0 Å². The molecule has 0 heterocycles. The molecule has 0 radical (unpaired) electrons. The van der Waals surface area contributed by atoms with Crippen molar-refractivity contribution in [2.75, 3.05) is 41.5 Å². The smallest absolute Gasteiger partial charge is 0.170 e. The van der Waals surface area contributed by atoms with Gasteiger partial charge in [0, 0.05) is 6.54 Å². The van der Waals surface area contributed by atoms with E-state index in [4.69, 9.17) is 14.2 Å². The van der Waals surface area contributed by atoms with Crippen LogP contribution in [0.25, 0.3) is 0 Å². The molecule has 0 aliphatic heterocycles. The van der Waals surface area contributed by atoms with Gasteiger partial charge in [-0.05, 0) is 80.2 Å². The maximum Gasteiger partial charge on any atom is 0.170 e. The number of nitrogens with zero attached hydrogens (tertiary/aromatic N) is 2. The van der Waals surface area contributed by atoms with Crippen molar-refractivity contribution in [3.8, 4) is 23.3 Å². The lowest BCUT2D eigenvalue weighted by atomic mass is 9.69. The quantitative estimate of drug-likeness (QED) is 0.497. The van der Waals surface area contributed by atoms with Gasteiger partial charge in [0.15, 0.2) is 17.2 Å². The fourth-order valence-electron chi connectivity index (χ4n) is 3.89. The van der Waals surface area contributed by atoms with Crippen LogP contribution in [0.15, 0.2) is 30.3 Å². The second kappa shape index (κ2) is 11.5. The molecule has 0 aliphatic carbocycles. The number of nitriles is 1. The molecule has 2 rings (SSSR count). The maximum absolute atomic E-state index is 10.2. The van der Waals surface area contributed by atoms with E-state index in [1.54, 1.807) is 21.3 Å². The van der Waals surface area contributed by atoms with Gasteiger partial charge in [-0.1, -0.05) is 26.0 Å². The Balaban J connectivity index is 2.02. The van der Waals surface area contributed by atoms with Crippen LogP contribution < -0.4 is 14.2 Å². The summed E-state index contributed by atoms with van der Waals surface area (Å²) < 4.78 is 16.1. The van der Waals surface area contributed by atoms with Crippen LogP contribution in [0.3, 0.4) is 0 Å². The Morgan fingerprint density at radius 1 is 1.06 bits per heavy atom. The second-order valence-corrected chi connectivity index (χ2v) is 8.17. The minimum Gasteiger partial charge on any atom is -0.493 e. The van der Waals surface area contributed by atoms with Crippen molar-refractivity contribution in [1.82, 2.24) is 4.90 Å². The highest BCUT2D eigenvalue weighted by atomic mass is 16.5. The molecule has 0 amide bonds. The topological polar surface area (TPSA) is 54.7 Å². The third-order valence-electron chi connectivity index (χ3n) is 5.97. The predicted molar refractivity (Wildman–Crippen MR) is 123 cm³/mol. The van der Waals surface area contributed by atoms with Crippen LogP contribution in [-0.2, 0) is 11.8 Å². The molecule has 0 N–H and O–H groups in total. The molecule has 166 valence electrons. The molecule has 2 aromatic carbocycles. The molecule has 5 heteroatoms. The molecule has 0 bridgehead atoms. The van der Waals surface area contributed by atoms with Crippen molar-refractivity contribution < 1.29 is 14.2 Å². The Hall–Kier alpha value is -2.89. The van der Waals surface area contributed by atoms with Gasteiger partial charge in [0.05, 0.1) is 32.8 Å². The molecule has 0 spiro atoms. The van der Waals surface area contributed by atoms with Gasteiger partial charge in [0.1, 0.15) is 0 Å². The van der Waals surface area contributed by atoms with Crippen molar-refractivity contribution in [1.29, 1.82) is 5.26 Å². The summed E-state index contributed by atoms with van der Waals surface area (Å²) in [5.74, 6) is 2.22. The molecule has 0 fully saturated rings. The third kappa shape index (κ3) is 6.06. The van der Waals surface area contributed by atoms with Gasteiger partial charge < -0.3 is 19.1 Å². The summed E-state index contributed by atoms with van der Waals surface area (Å²) in [5, 5.41) is 10.2. The van der Waals surface area contributed by atoms with Gasteiger partial charge in [0.25, 0.3) is 0 Å². The summed E-state index contributed by atoms with van der Waals surface area (Å²) in [6.07, 6.45) is 2.62. The maximum atomic E-state index is 10.2. The van der Waals surface area contributed by atoms with E-state index in [1.165, 1.54) is 5.56 Å². The summed E-state index contributed by atoms with van der Waals surface area (Å²) in [6.45, 7) is 6.07. The molecule has 0 aromatic heterocycles. The van der Waals surface area contributed by atoms with Crippen molar-refractivity contribution in [2.24, 2.45) is 5.92 Å². The Morgan fingerprint density at radius 3 is 2.42 bits per heavy atom. The molecule has 31 heavy (non-hydrogen) atoms. The minimum absolute atomic E-state index is 0.171. The van der Waals surface area contributed by atoms with Crippen LogP contribution >= 0.6 is 0 Å². The molecule has 1 atom stereocenters. The molecule has 2 aromatic rings. The Morgan fingerprint density at radius 2 is 1.81 bits per heavy atom. The van der Waals surface area contributed by atoms with Gasteiger partial charge in [0.2, 0.25) is 0 Å². The van der Waals surface area contributed by atoms with Crippen LogP contribution in [0.1, 0.15) is 37.8 Å². The zero-order valence-electron chi connectivity index (χ0n) is 19.6. The molecule has 0 aliphatic rings. The lowest BCUT2D eigenvalue weighted by Crippen LogP contribution is -2.32. The second-order valence-electron chi connectivity index (χ2n) is 8.17. The van der Waals surface area contributed by atoms with E-state index in [0.717, 1.165) is 37.9 Å². The van der Waals surface area contributed by atoms with Gasteiger partial charge in [-0.3, -0.25) is 0 Å². The largest absolute Gasteiger partial charge is 0.493 e. The fraction of sp³-hybridized carbons (Fsp3) is 0.500. The summed E-state index contributed by atoms with van der Waals surface area (Å²) in [6, 6.07) is 18.3. The van der Waals surface area contributed by atoms with E-state index in [2.05, 4.69) is 44.0 Å². The predicted octanol–water partition coefficient (Wildman–Crippen LogP) is 4.68. The first-order valence-corrected chi connectivity index (χ1v) is 10.7. The lowest BCUT2D eigenvalue weighted by molar-refractivity contribution is 0.292. The molecule has 1 unspecified atom stereocenters. The van der Waals surface area contributed by atoms with Gasteiger partial charge >= 0.3 is 0 Å².